The molecule has 1 saturated carbocycles. The first-order valence-electron chi connectivity index (χ1n) is 10.3. The smallest absolute Gasteiger partial charge is 0.155 e. The van der Waals surface area contributed by atoms with E-state index in [4.69, 9.17) is 4.99 Å². The van der Waals surface area contributed by atoms with Crippen molar-refractivity contribution in [3.63, 3.8) is 0 Å². The van der Waals surface area contributed by atoms with Crippen LogP contribution in [-0.2, 0) is 19.3 Å². The second-order valence-electron chi connectivity index (χ2n) is 8.23. The first-order chi connectivity index (χ1) is 13.7. The number of aliphatic imine (C=N–C) groups is 1. The normalized spacial score (nSPS) is 25.9. The Morgan fingerprint density at radius 1 is 1.11 bits per heavy atom. The zero-order valence-corrected chi connectivity index (χ0v) is 15.9. The van der Waals surface area contributed by atoms with Crippen molar-refractivity contribution in [2.75, 3.05) is 11.9 Å². The van der Waals surface area contributed by atoms with Gasteiger partial charge in [0.1, 0.15) is 12.0 Å². The summed E-state index contributed by atoms with van der Waals surface area (Å²) in [4.78, 5) is 13.9. The van der Waals surface area contributed by atoms with Gasteiger partial charge in [-0.05, 0) is 55.2 Å². The highest BCUT2D eigenvalue weighted by atomic mass is 16.3. The van der Waals surface area contributed by atoms with Gasteiger partial charge in [0, 0.05) is 25.0 Å². The first-order valence-corrected chi connectivity index (χ1v) is 10.3. The van der Waals surface area contributed by atoms with Crippen molar-refractivity contribution in [2.24, 2.45) is 10.9 Å². The molecule has 1 fully saturated rings. The van der Waals surface area contributed by atoms with Gasteiger partial charge in [-0.25, -0.2) is 15.0 Å². The number of hydrogen-bond acceptors (Lipinski definition) is 6. The lowest BCUT2D eigenvalue weighted by molar-refractivity contribution is 0.0908. The van der Waals surface area contributed by atoms with E-state index >= 15 is 0 Å². The van der Waals surface area contributed by atoms with E-state index in [9.17, 15) is 10.2 Å². The third-order valence-corrected chi connectivity index (χ3v) is 6.42. The predicted octanol–water partition coefficient (Wildman–Crippen LogP) is 2.58. The van der Waals surface area contributed by atoms with Crippen molar-refractivity contribution in [2.45, 2.75) is 57.1 Å². The maximum atomic E-state index is 10.1. The number of hydrogen-bond donors (Lipinski definition) is 3. The van der Waals surface area contributed by atoms with Crippen LogP contribution in [0.2, 0.25) is 0 Å². The van der Waals surface area contributed by atoms with E-state index in [0.29, 0.717) is 6.42 Å². The van der Waals surface area contributed by atoms with Crippen LogP contribution in [0.1, 0.15) is 48.1 Å². The molecular weight excluding hydrogens is 352 g/mol. The number of nitrogens with one attached hydrogen (secondary N) is 1. The van der Waals surface area contributed by atoms with Gasteiger partial charge in [-0.2, -0.15) is 0 Å². The molecule has 2 aliphatic carbocycles. The largest absolute Gasteiger partial charge is 0.396 e. The monoisotopic (exact) mass is 378 g/mol. The van der Waals surface area contributed by atoms with E-state index in [1.54, 1.807) is 6.33 Å². The molecule has 0 saturated heterocycles. The zero-order chi connectivity index (χ0) is 19.1. The Balaban J connectivity index is 1.43. The van der Waals surface area contributed by atoms with Gasteiger partial charge in [0.2, 0.25) is 0 Å². The summed E-state index contributed by atoms with van der Waals surface area (Å²) in [5, 5.41) is 22.9. The Hall–Kier alpha value is -2.31. The molecular formula is C22H26N4O2. The fourth-order valence-corrected chi connectivity index (χ4v) is 4.92. The lowest BCUT2D eigenvalue weighted by Crippen LogP contribution is -2.17. The minimum atomic E-state index is -0.465. The standard InChI is InChI=1S/C22H26N4O2/c27-11-14-8-15(9-20(14)28)25-22-21-19(23-12-24-22)10-18(26-21)17-7-3-5-13-4-1-2-6-16(13)17/h3,5,7,12,14-15,20,27-28H,1-2,4,6,8-11H2,(H,23,24,25)/t14-,15+,20-/m0/s1. The molecule has 28 heavy (non-hydrogen) atoms. The molecule has 0 amide bonds. The Kier molecular flexibility index (Phi) is 4.61. The molecule has 0 radical (unpaired) electrons. The van der Waals surface area contributed by atoms with Gasteiger partial charge in [-0.1, -0.05) is 18.2 Å². The molecule has 1 aromatic carbocycles. The topological polar surface area (TPSA) is 90.6 Å². The molecule has 1 aromatic heterocycles. The number of benzene rings is 1. The second-order valence-corrected chi connectivity index (χ2v) is 8.23. The summed E-state index contributed by atoms with van der Waals surface area (Å²) in [6.07, 6.45) is 8.01. The average Bonchev–Trinajstić information content (AvgIpc) is 3.31. The van der Waals surface area contributed by atoms with E-state index in [-0.39, 0.29) is 18.6 Å². The predicted molar refractivity (Wildman–Crippen MR) is 108 cm³/mol. The molecule has 6 heteroatoms. The molecule has 1 aliphatic heterocycles. The molecule has 5 rings (SSSR count). The number of aliphatic hydroxyl groups excluding tert-OH is 2. The van der Waals surface area contributed by atoms with E-state index in [2.05, 4.69) is 33.5 Å². The van der Waals surface area contributed by atoms with Crippen molar-refractivity contribution >= 4 is 17.2 Å². The Labute approximate surface area is 164 Å². The number of fused-ring (bicyclic) bond motifs is 2. The fourth-order valence-electron chi connectivity index (χ4n) is 4.92. The third-order valence-electron chi connectivity index (χ3n) is 6.42. The summed E-state index contributed by atoms with van der Waals surface area (Å²) >= 11 is 0. The Morgan fingerprint density at radius 3 is 2.86 bits per heavy atom. The molecule has 3 N–H and O–H groups in total. The van der Waals surface area contributed by atoms with Crippen molar-refractivity contribution in [1.82, 2.24) is 9.97 Å². The average molecular weight is 378 g/mol. The summed E-state index contributed by atoms with van der Waals surface area (Å²) in [6, 6.07) is 6.67. The first kappa shape index (κ1) is 17.8. The lowest BCUT2D eigenvalue weighted by atomic mass is 9.86. The van der Waals surface area contributed by atoms with Crippen molar-refractivity contribution in [1.29, 1.82) is 0 Å². The van der Waals surface area contributed by atoms with Crippen molar-refractivity contribution in [3.05, 3.63) is 46.9 Å². The van der Waals surface area contributed by atoms with Gasteiger partial charge in [-0.15, -0.1) is 0 Å². The highest BCUT2D eigenvalue weighted by molar-refractivity contribution is 6.08. The lowest BCUT2D eigenvalue weighted by Gasteiger charge is -2.19. The van der Waals surface area contributed by atoms with Gasteiger partial charge in [0.05, 0.1) is 17.5 Å². The van der Waals surface area contributed by atoms with Crippen LogP contribution in [0.3, 0.4) is 0 Å². The summed E-state index contributed by atoms with van der Waals surface area (Å²) in [5.41, 5.74) is 7.04. The summed E-state index contributed by atoms with van der Waals surface area (Å²) in [5.74, 6) is 0.669. The number of rotatable bonds is 4. The molecule has 6 nitrogen and oxygen atoms in total. The van der Waals surface area contributed by atoms with Crippen LogP contribution in [0.4, 0.5) is 11.5 Å². The highest BCUT2D eigenvalue weighted by Gasteiger charge is 2.33. The minimum Gasteiger partial charge on any atom is -0.396 e. The number of aromatic nitrogens is 2. The van der Waals surface area contributed by atoms with Crippen LogP contribution in [-0.4, -0.2) is 44.6 Å². The van der Waals surface area contributed by atoms with Crippen LogP contribution in [0.15, 0.2) is 29.5 Å². The maximum Gasteiger partial charge on any atom is 0.155 e. The maximum absolute atomic E-state index is 10.1. The van der Waals surface area contributed by atoms with Crippen LogP contribution >= 0.6 is 0 Å². The van der Waals surface area contributed by atoms with Crippen LogP contribution in [0.25, 0.3) is 0 Å². The van der Waals surface area contributed by atoms with Crippen molar-refractivity contribution in [3.8, 4) is 0 Å². The molecule has 2 aromatic rings. The summed E-state index contributed by atoms with van der Waals surface area (Å²) in [7, 11) is 0. The molecule has 2 heterocycles. The fraction of sp³-hybridized carbons (Fsp3) is 0.500. The van der Waals surface area contributed by atoms with Crippen LogP contribution in [0.5, 0.6) is 0 Å². The van der Waals surface area contributed by atoms with Crippen molar-refractivity contribution < 1.29 is 10.2 Å². The number of nitrogens with zero attached hydrogens (tertiary/aromatic N) is 3. The van der Waals surface area contributed by atoms with E-state index in [1.165, 1.54) is 29.5 Å². The quantitative estimate of drug-likeness (QED) is 0.761. The summed E-state index contributed by atoms with van der Waals surface area (Å²) < 4.78 is 0. The minimum absolute atomic E-state index is 0.0165. The van der Waals surface area contributed by atoms with Gasteiger partial charge in [-0.3, -0.25) is 0 Å². The molecule has 146 valence electrons. The molecule has 0 spiro atoms. The molecule has 3 aliphatic rings. The molecule has 0 unspecified atom stereocenters. The number of aliphatic hydroxyl groups is 2. The zero-order valence-electron chi connectivity index (χ0n) is 15.9. The van der Waals surface area contributed by atoms with Crippen LogP contribution < -0.4 is 5.32 Å². The van der Waals surface area contributed by atoms with Gasteiger partial charge >= 0.3 is 0 Å². The number of anilines is 1. The van der Waals surface area contributed by atoms with Crippen LogP contribution in [0, 0.1) is 5.92 Å². The Morgan fingerprint density at radius 2 is 2.00 bits per heavy atom. The summed E-state index contributed by atoms with van der Waals surface area (Å²) in [6.45, 7) is 0.0165. The molecule has 0 bridgehead atoms. The SMILES string of the molecule is OC[C@@H]1C[C@@H](Nc2ncnc3c2N=C(c2cccc4c2CCCC4)C3)C[C@@H]1O. The third kappa shape index (κ3) is 3.10. The Bertz CT molecular complexity index is 927. The van der Waals surface area contributed by atoms with Gasteiger partial charge in [0.15, 0.2) is 5.82 Å². The van der Waals surface area contributed by atoms with Gasteiger partial charge < -0.3 is 15.5 Å². The molecule has 3 atom stereocenters. The highest BCUT2D eigenvalue weighted by Crippen LogP contribution is 2.37. The van der Waals surface area contributed by atoms with E-state index in [0.717, 1.165) is 48.6 Å². The second kappa shape index (κ2) is 7.26. The number of aryl methyl sites for hydroxylation is 1. The van der Waals surface area contributed by atoms with E-state index in [1.807, 2.05) is 0 Å². The van der Waals surface area contributed by atoms with E-state index < -0.39 is 6.10 Å². The van der Waals surface area contributed by atoms with Gasteiger partial charge in [0.25, 0.3) is 0 Å².